The largest absolute Gasteiger partial charge is 0.394 e. The number of carbonyl (C=O) groups is 1. The van der Waals surface area contributed by atoms with Crippen LogP contribution in [-0.4, -0.2) is 57.7 Å². The fourth-order valence-electron chi connectivity index (χ4n) is 2.51. The number of nitrogens with two attached hydrogens (primary N) is 1. The standard InChI is InChI=1S/C17H35NO5.ClH/c18-12-10-8-6-4-2-1-3-5-7-9-11-14(20)16(22)17(23)15(21)13-19;/h15-17,19,21-23H,1-13,18H2;1H/t15-,16-,17-;/m1./s1. The minimum Gasteiger partial charge on any atom is -0.394 e. The van der Waals surface area contributed by atoms with Crippen LogP contribution in [0.5, 0.6) is 0 Å². The molecule has 7 heteroatoms. The molecule has 0 radical (unpaired) electrons. The van der Waals surface area contributed by atoms with Crippen LogP contribution in [0.1, 0.15) is 70.6 Å². The van der Waals surface area contributed by atoms with E-state index in [4.69, 9.17) is 10.8 Å². The molecule has 146 valence electrons. The average Bonchev–Trinajstić information content (AvgIpc) is 2.57. The minimum absolute atomic E-state index is 0. The van der Waals surface area contributed by atoms with Gasteiger partial charge in [0, 0.05) is 6.42 Å². The number of hydrogen-bond donors (Lipinski definition) is 5. The van der Waals surface area contributed by atoms with Gasteiger partial charge in [0.05, 0.1) is 6.61 Å². The second-order valence-electron chi connectivity index (χ2n) is 6.23. The highest BCUT2D eigenvalue weighted by Gasteiger charge is 2.29. The molecule has 0 aliphatic carbocycles. The van der Waals surface area contributed by atoms with Gasteiger partial charge in [0.1, 0.15) is 18.3 Å². The number of aliphatic hydroxyl groups excluding tert-OH is 4. The van der Waals surface area contributed by atoms with E-state index in [0.29, 0.717) is 6.42 Å². The Morgan fingerprint density at radius 1 is 0.792 bits per heavy atom. The normalized spacial score (nSPS) is 14.7. The maximum absolute atomic E-state index is 11.7. The van der Waals surface area contributed by atoms with Crippen molar-refractivity contribution < 1.29 is 25.2 Å². The third-order valence-electron chi connectivity index (χ3n) is 4.11. The first-order valence-electron chi connectivity index (χ1n) is 8.92. The van der Waals surface area contributed by atoms with Crippen LogP contribution in [0.2, 0.25) is 0 Å². The molecule has 0 saturated carbocycles. The van der Waals surface area contributed by atoms with Crippen LogP contribution >= 0.6 is 12.4 Å². The summed E-state index contributed by atoms with van der Waals surface area (Å²) in [5, 5.41) is 36.9. The Labute approximate surface area is 151 Å². The van der Waals surface area contributed by atoms with E-state index in [1.165, 1.54) is 32.1 Å². The number of ketones is 1. The smallest absolute Gasteiger partial charge is 0.164 e. The van der Waals surface area contributed by atoms with Gasteiger partial charge >= 0.3 is 0 Å². The molecule has 3 atom stereocenters. The zero-order valence-corrected chi connectivity index (χ0v) is 15.4. The highest BCUT2D eigenvalue weighted by molar-refractivity contribution is 5.85. The summed E-state index contributed by atoms with van der Waals surface area (Å²) in [6.45, 7) is 0.0983. The lowest BCUT2D eigenvalue weighted by Crippen LogP contribution is -2.43. The summed E-state index contributed by atoms with van der Waals surface area (Å²) in [6.07, 6.45) is 6.58. The van der Waals surface area contributed by atoms with Crippen molar-refractivity contribution in [1.82, 2.24) is 0 Å². The summed E-state index contributed by atoms with van der Waals surface area (Å²) in [4.78, 5) is 11.7. The molecule has 0 heterocycles. The van der Waals surface area contributed by atoms with E-state index in [0.717, 1.165) is 32.2 Å². The van der Waals surface area contributed by atoms with Crippen LogP contribution < -0.4 is 5.73 Å². The van der Waals surface area contributed by atoms with Crippen LogP contribution in [0, 0.1) is 0 Å². The lowest BCUT2D eigenvalue weighted by molar-refractivity contribution is -0.140. The summed E-state index contributed by atoms with van der Waals surface area (Å²) in [7, 11) is 0. The summed E-state index contributed by atoms with van der Waals surface area (Å²) in [5.41, 5.74) is 5.44. The number of hydrogen-bond acceptors (Lipinski definition) is 6. The van der Waals surface area contributed by atoms with E-state index >= 15 is 0 Å². The molecule has 0 aromatic rings. The summed E-state index contributed by atoms with van der Waals surface area (Å²) in [5.74, 6) is -0.482. The molecular weight excluding hydrogens is 334 g/mol. The van der Waals surface area contributed by atoms with Crippen LogP contribution in [0.15, 0.2) is 0 Å². The molecule has 0 aromatic carbocycles. The second kappa shape index (κ2) is 17.6. The van der Waals surface area contributed by atoms with Crippen LogP contribution in [-0.2, 0) is 4.79 Å². The van der Waals surface area contributed by atoms with Gasteiger partial charge in [-0.05, 0) is 19.4 Å². The van der Waals surface area contributed by atoms with Crippen LogP contribution in [0.3, 0.4) is 0 Å². The highest BCUT2D eigenvalue weighted by Crippen LogP contribution is 2.12. The maximum Gasteiger partial charge on any atom is 0.164 e. The number of aliphatic hydroxyl groups is 4. The zero-order valence-electron chi connectivity index (χ0n) is 14.6. The molecule has 0 amide bonds. The van der Waals surface area contributed by atoms with Gasteiger partial charge in [-0.25, -0.2) is 0 Å². The van der Waals surface area contributed by atoms with E-state index in [2.05, 4.69) is 0 Å². The van der Waals surface area contributed by atoms with Gasteiger partial charge < -0.3 is 26.2 Å². The molecule has 0 unspecified atom stereocenters. The molecule has 0 bridgehead atoms. The molecule has 0 saturated heterocycles. The Morgan fingerprint density at radius 2 is 1.21 bits per heavy atom. The van der Waals surface area contributed by atoms with Crippen molar-refractivity contribution in [2.45, 2.75) is 88.9 Å². The topological polar surface area (TPSA) is 124 Å². The fourth-order valence-corrected chi connectivity index (χ4v) is 2.51. The van der Waals surface area contributed by atoms with Gasteiger partial charge in [-0.2, -0.15) is 0 Å². The van der Waals surface area contributed by atoms with Crippen molar-refractivity contribution in [1.29, 1.82) is 0 Å². The number of rotatable bonds is 16. The molecular formula is C17H36ClNO5. The number of carbonyl (C=O) groups excluding carboxylic acids is 1. The first-order valence-corrected chi connectivity index (χ1v) is 8.92. The Morgan fingerprint density at radius 3 is 1.62 bits per heavy atom. The first kappa shape index (κ1) is 26.0. The van der Waals surface area contributed by atoms with Gasteiger partial charge in [-0.3, -0.25) is 4.79 Å². The number of unbranched alkanes of at least 4 members (excludes halogenated alkanes) is 9. The fraction of sp³-hybridized carbons (Fsp3) is 0.941. The van der Waals surface area contributed by atoms with E-state index in [1.54, 1.807) is 0 Å². The summed E-state index contributed by atoms with van der Waals surface area (Å²) < 4.78 is 0. The minimum atomic E-state index is -1.62. The van der Waals surface area contributed by atoms with Crippen molar-refractivity contribution in [3.63, 3.8) is 0 Å². The van der Waals surface area contributed by atoms with Crippen LogP contribution in [0.25, 0.3) is 0 Å². The first-order chi connectivity index (χ1) is 11.0. The third-order valence-corrected chi connectivity index (χ3v) is 4.11. The molecule has 0 aromatic heterocycles. The Hall–Kier alpha value is -0.240. The molecule has 24 heavy (non-hydrogen) atoms. The molecule has 0 aliphatic rings. The second-order valence-corrected chi connectivity index (χ2v) is 6.23. The van der Waals surface area contributed by atoms with E-state index in [9.17, 15) is 20.1 Å². The van der Waals surface area contributed by atoms with Gasteiger partial charge in [0.2, 0.25) is 0 Å². The van der Waals surface area contributed by atoms with Gasteiger partial charge in [0.25, 0.3) is 0 Å². The molecule has 6 nitrogen and oxygen atoms in total. The lowest BCUT2D eigenvalue weighted by Gasteiger charge is -2.20. The van der Waals surface area contributed by atoms with Crippen molar-refractivity contribution in [3.8, 4) is 0 Å². The van der Waals surface area contributed by atoms with Crippen LogP contribution in [0.4, 0.5) is 0 Å². The van der Waals surface area contributed by atoms with Crippen molar-refractivity contribution in [2.75, 3.05) is 13.2 Å². The average molecular weight is 370 g/mol. The van der Waals surface area contributed by atoms with Crippen molar-refractivity contribution in [2.24, 2.45) is 5.73 Å². The molecule has 0 fully saturated rings. The quantitative estimate of drug-likeness (QED) is 0.261. The highest BCUT2D eigenvalue weighted by atomic mass is 35.5. The predicted molar refractivity (Wildman–Crippen MR) is 97.2 cm³/mol. The van der Waals surface area contributed by atoms with Gasteiger partial charge in [-0.1, -0.05) is 51.4 Å². The molecule has 0 spiro atoms. The third kappa shape index (κ3) is 13.1. The molecule has 0 rings (SSSR count). The Kier molecular flexibility index (Phi) is 19.0. The van der Waals surface area contributed by atoms with E-state index < -0.39 is 30.7 Å². The lowest BCUT2D eigenvalue weighted by atomic mass is 9.99. The maximum atomic E-state index is 11.7. The van der Waals surface area contributed by atoms with Gasteiger partial charge in [0.15, 0.2) is 5.78 Å². The Balaban J connectivity index is 0. The van der Waals surface area contributed by atoms with Crippen molar-refractivity contribution in [3.05, 3.63) is 0 Å². The zero-order chi connectivity index (χ0) is 17.5. The summed E-state index contributed by atoms with van der Waals surface area (Å²) >= 11 is 0. The number of Topliss-reactive ketones (excluding diaryl/α,β-unsaturated/α-hetero) is 1. The summed E-state index contributed by atoms with van der Waals surface area (Å²) in [6, 6.07) is 0. The molecule has 6 N–H and O–H groups in total. The monoisotopic (exact) mass is 369 g/mol. The Bertz CT molecular complexity index is 294. The predicted octanol–water partition coefficient (Wildman–Crippen LogP) is 1.30. The van der Waals surface area contributed by atoms with E-state index in [1.807, 2.05) is 0 Å². The van der Waals surface area contributed by atoms with E-state index in [-0.39, 0.29) is 18.8 Å². The SMILES string of the molecule is Cl.NCCCCCCCCCCCCC(=O)[C@@H](O)[C@H](O)[C@H](O)CO. The van der Waals surface area contributed by atoms with Gasteiger partial charge in [-0.15, -0.1) is 12.4 Å². The number of halogens is 1. The van der Waals surface area contributed by atoms with Crippen molar-refractivity contribution >= 4 is 18.2 Å². The molecule has 0 aliphatic heterocycles.